The molecule has 2 heterocycles. The lowest BCUT2D eigenvalue weighted by molar-refractivity contribution is -0.130. The number of nitrogens with zero attached hydrogens (tertiary/aromatic N) is 2. The van der Waals surface area contributed by atoms with Crippen LogP contribution in [0.25, 0.3) is 0 Å². The molecule has 2 aliphatic rings. The first-order chi connectivity index (χ1) is 12.3. The highest BCUT2D eigenvalue weighted by Gasteiger charge is 2.30. The molecule has 0 atom stereocenters. The second kappa shape index (κ2) is 7.11. The number of anilines is 2. The molecule has 0 saturated carbocycles. The predicted octanol–water partition coefficient (Wildman–Crippen LogP) is 1.37. The van der Waals surface area contributed by atoms with Crippen molar-refractivity contribution < 1.29 is 18.0 Å². The van der Waals surface area contributed by atoms with Gasteiger partial charge in [-0.1, -0.05) is 12.6 Å². The first-order valence-corrected chi connectivity index (χ1v) is 10.5. The smallest absolute Gasteiger partial charge is 0.245 e. The van der Waals surface area contributed by atoms with E-state index in [1.54, 1.807) is 23.1 Å². The van der Waals surface area contributed by atoms with Crippen LogP contribution in [0.1, 0.15) is 18.4 Å². The molecule has 140 valence electrons. The summed E-state index contributed by atoms with van der Waals surface area (Å²) in [5.41, 5.74) is 2.16. The standard InChI is InChI=1S/C18H23N3O4S/c1-3-17(22)20-10-7-13(8-11-20)18(23)19-15-5-4-6-16-14(15)9-12-21(16)26(2,24)25/h3-6,13H,1,7-12H2,2H3,(H,19,23). The van der Waals surface area contributed by atoms with Gasteiger partial charge in [-0.3, -0.25) is 13.9 Å². The van der Waals surface area contributed by atoms with Crippen LogP contribution in [-0.4, -0.2) is 51.0 Å². The Labute approximate surface area is 153 Å². The molecule has 26 heavy (non-hydrogen) atoms. The molecular weight excluding hydrogens is 354 g/mol. The molecule has 1 aromatic rings. The number of fused-ring (bicyclic) bond motifs is 1. The number of hydrogen-bond acceptors (Lipinski definition) is 4. The van der Waals surface area contributed by atoms with E-state index in [2.05, 4.69) is 11.9 Å². The highest BCUT2D eigenvalue weighted by molar-refractivity contribution is 7.92. The van der Waals surface area contributed by atoms with Crippen LogP contribution in [0.3, 0.4) is 0 Å². The number of nitrogens with one attached hydrogen (secondary N) is 1. The summed E-state index contributed by atoms with van der Waals surface area (Å²) in [5, 5.41) is 2.96. The maximum Gasteiger partial charge on any atom is 0.245 e. The third kappa shape index (κ3) is 3.60. The summed E-state index contributed by atoms with van der Waals surface area (Å²) in [5.74, 6) is -0.348. The number of carbonyl (C=O) groups excluding carboxylic acids is 2. The number of benzene rings is 1. The third-order valence-electron chi connectivity index (χ3n) is 5.00. The second-order valence-electron chi connectivity index (χ2n) is 6.68. The van der Waals surface area contributed by atoms with Gasteiger partial charge in [0.25, 0.3) is 0 Å². The molecule has 2 aliphatic heterocycles. The lowest BCUT2D eigenvalue weighted by atomic mass is 9.95. The first kappa shape index (κ1) is 18.4. The van der Waals surface area contributed by atoms with Gasteiger partial charge in [0.05, 0.1) is 11.9 Å². The average molecular weight is 377 g/mol. The van der Waals surface area contributed by atoms with Crippen molar-refractivity contribution in [1.29, 1.82) is 0 Å². The maximum absolute atomic E-state index is 12.6. The maximum atomic E-state index is 12.6. The highest BCUT2D eigenvalue weighted by Crippen LogP contribution is 2.35. The zero-order chi connectivity index (χ0) is 18.9. The van der Waals surface area contributed by atoms with Crippen LogP contribution in [0.4, 0.5) is 11.4 Å². The highest BCUT2D eigenvalue weighted by atomic mass is 32.2. The van der Waals surface area contributed by atoms with E-state index < -0.39 is 10.0 Å². The van der Waals surface area contributed by atoms with Gasteiger partial charge < -0.3 is 10.2 Å². The van der Waals surface area contributed by atoms with E-state index in [1.165, 1.54) is 16.6 Å². The Kier molecular flexibility index (Phi) is 5.04. The van der Waals surface area contributed by atoms with Crippen LogP contribution in [0.2, 0.25) is 0 Å². The van der Waals surface area contributed by atoms with Crippen molar-refractivity contribution in [1.82, 2.24) is 4.90 Å². The summed E-state index contributed by atoms with van der Waals surface area (Å²) in [6.07, 6.45) is 4.27. The van der Waals surface area contributed by atoms with Crippen molar-refractivity contribution >= 4 is 33.2 Å². The molecular formula is C18H23N3O4S. The fourth-order valence-corrected chi connectivity index (χ4v) is 4.54. The fourth-order valence-electron chi connectivity index (χ4n) is 3.59. The van der Waals surface area contributed by atoms with Crippen LogP contribution in [0.5, 0.6) is 0 Å². The molecule has 1 saturated heterocycles. The lowest BCUT2D eigenvalue weighted by Gasteiger charge is -2.30. The Balaban J connectivity index is 1.69. The number of hydrogen-bond donors (Lipinski definition) is 1. The van der Waals surface area contributed by atoms with Crippen LogP contribution >= 0.6 is 0 Å². The van der Waals surface area contributed by atoms with Gasteiger partial charge in [-0.15, -0.1) is 0 Å². The molecule has 0 unspecified atom stereocenters. The van der Waals surface area contributed by atoms with E-state index >= 15 is 0 Å². The van der Waals surface area contributed by atoms with Crippen molar-refractivity contribution in [2.45, 2.75) is 19.3 Å². The summed E-state index contributed by atoms with van der Waals surface area (Å²) in [7, 11) is -3.32. The zero-order valence-corrected chi connectivity index (χ0v) is 15.6. The predicted molar refractivity (Wildman–Crippen MR) is 100 cm³/mol. The van der Waals surface area contributed by atoms with Gasteiger partial charge in [0, 0.05) is 36.8 Å². The number of likely N-dealkylation sites (tertiary alicyclic amines) is 1. The minimum absolute atomic E-state index is 0.0816. The lowest BCUT2D eigenvalue weighted by Crippen LogP contribution is -2.40. The van der Waals surface area contributed by atoms with Crippen molar-refractivity contribution in [2.75, 3.05) is 35.5 Å². The number of sulfonamides is 1. The van der Waals surface area contributed by atoms with E-state index in [0.29, 0.717) is 50.3 Å². The normalized spacial score (nSPS) is 17.7. The quantitative estimate of drug-likeness (QED) is 0.803. The largest absolute Gasteiger partial charge is 0.339 e. The number of carbonyl (C=O) groups is 2. The Bertz CT molecular complexity index is 842. The first-order valence-electron chi connectivity index (χ1n) is 8.63. The molecule has 1 N–H and O–H groups in total. The summed E-state index contributed by atoms with van der Waals surface area (Å²) in [6.45, 7) is 4.96. The van der Waals surface area contributed by atoms with Crippen LogP contribution in [0, 0.1) is 5.92 Å². The summed E-state index contributed by atoms with van der Waals surface area (Å²) in [4.78, 5) is 25.9. The molecule has 2 amide bonds. The molecule has 0 aromatic heterocycles. The Morgan fingerprint density at radius 3 is 2.54 bits per heavy atom. The molecule has 0 aliphatic carbocycles. The molecule has 0 spiro atoms. The van der Waals surface area contributed by atoms with E-state index in [-0.39, 0.29) is 17.7 Å². The van der Waals surface area contributed by atoms with Gasteiger partial charge in [-0.25, -0.2) is 8.42 Å². The van der Waals surface area contributed by atoms with E-state index in [0.717, 1.165) is 5.56 Å². The Morgan fingerprint density at radius 2 is 1.92 bits per heavy atom. The monoisotopic (exact) mass is 377 g/mol. The van der Waals surface area contributed by atoms with Crippen molar-refractivity contribution in [2.24, 2.45) is 5.92 Å². The average Bonchev–Trinajstić information content (AvgIpc) is 3.06. The molecule has 0 bridgehead atoms. The fraction of sp³-hybridized carbons (Fsp3) is 0.444. The van der Waals surface area contributed by atoms with Crippen LogP contribution < -0.4 is 9.62 Å². The van der Waals surface area contributed by atoms with Crippen LogP contribution in [-0.2, 0) is 26.0 Å². The number of amides is 2. The summed E-state index contributed by atoms with van der Waals surface area (Å²) >= 11 is 0. The third-order valence-corrected chi connectivity index (χ3v) is 6.18. The van der Waals surface area contributed by atoms with Gasteiger partial charge in [0.15, 0.2) is 0 Å². The van der Waals surface area contributed by atoms with Gasteiger partial charge in [0.2, 0.25) is 21.8 Å². The van der Waals surface area contributed by atoms with Gasteiger partial charge >= 0.3 is 0 Å². The minimum Gasteiger partial charge on any atom is -0.339 e. The van der Waals surface area contributed by atoms with Gasteiger partial charge in [0.1, 0.15) is 0 Å². The molecule has 3 rings (SSSR count). The zero-order valence-electron chi connectivity index (χ0n) is 14.8. The Hall–Kier alpha value is -2.35. The number of rotatable bonds is 4. The molecule has 1 aromatic carbocycles. The molecule has 1 fully saturated rings. The number of piperidine rings is 1. The van der Waals surface area contributed by atoms with E-state index in [9.17, 15) is 18.0 Å². The molecule has 8 heteroatoms. The molecule has 0 radical (unpaired) electrons. The summed E-state index contributed by atoms with van der Waals surface area (Å²) < 4.78 is 25.1. The van der Waals surface area contributed by atoms with Crippen molar-refractivity contribution in [3.05, 3.63) is 36.4 Å². The SMILES string of the molecule is C=CC(=O)N1CCC(C(=O)Nc2cccc3c2CCN3S(C)(=O)=O)CC1. The van der Waals surface area contributed by atoms with E-state index in [1.807, 2.05) is 0 Å². The second-order valence-corrected chi connectivity index (χ2v) is 8.59. The van der Waals surface area contributed by atoms with Crippen molar-refractivity contribution in [3.8, 4) is 0 Å². The van der Waals surface area contributed by atoms with Gasteiger partial charge in [-0.05, 0) is 37.5 Å². The topological polar surface area (TPSA) is 86.8 Å². The van der Waals surface area contributed by atoms with Crippen LogP contribution in [0.15, 0.2) is 30.9 Å². The van der Waals surface area contributed by atoms with E-state index in [4.69, 9.17) is 0 Å². The molecule has 7 nitrogen and oxygen atoms in total. The van der Waals surface area contributed by atoms with Crippen molar-refractivity contribution in [3.63, 3.8) is 0 Å². The Morgan fingerprint density at radius 1 is 1.23 bits per heavy atom. The van der Waals surface area contributed by atoms with Gasteiger partial charge in [-0.2, -0.15) is 0 Å². The summed E-state index contributed by atoms with van der Waals surface area (Å²) in [6, 6.07) is 5.32. The minimum atomic E-state index is -3.32.